The van der Waals surface area contributed by atoms with Crippen LogP contribution >= 0.6 is 0 Å². The first-order chi connectivity index (χ1) is 18.6. The monoisotopic (exact) mass is 552 g/mol. The van der Waals surface area contributed by atoms with Crippen molar-refractivity contribution >= 4 is 40.1 Å². The third kappa shape index (κ3) is 6.23. The molecule has 0 bridgehead atoms. The average molecular weight is 553 g/mol. The molecule has 0 spiro atoms. The number of carbonyl (C=O) groups excluding carboxylic acids is 1. The van der Waals surface area contributed by atoms with Gasteiger partial charge in [-0.15, -0.1) is 0 Å². The lowest BCUT2D eigenvalue weighted by Crippen LogP contribution is -2.48. The number of hydrogen-bond donors (Lipinski definition) is 1. The lowest BCUT2D eigenvalue weighted by molar-refractivity contribution is 0.0626. The minimum atomic E-state index is -3.98. The number of aliphatic imine (C=N–C) groups is 1. The summed E-state index contributed by atoms with van der Waals surface area (Å²) in [6.45, 7) is 9.25. The molecule has 3 aromatic rings. The van der Waals surface area contributed by atoms with E-state index in [-0.39, 0.29) is 28.6 Å². The number of sulfonamides is 1. The Morgan fingerprint density at radius 3 is 2.46 bits per heavy atom. The summed E-state index contributed by atoms with van der Waals surface area (Å²) < 4.78 is 56.6. The first kappa shape index (κ1) is 28.1. The fraction of sp³-hybridized carbons (Fsp3) is 0.241. The first-order valence-corrected chi connectivity index (χ1v) is 13.9. The zero-order valence-electron chi connectivity index (χ0n) is 21.8. The van der Waals surface area contributed by atoms with E-state index in [0.29, 0.717) is 48.6 Å². The Bertz CT molecular complexity index is 1530. The van der Waals surface area contributed by atoms with Crippen LogP contribution in [0.2, 0.25) is 0 Å². The van der Waals surface area contributed by atoms with Gasteiger partial charge in [-0.2, -0.15) is 0 Å². The van der Waals surface area contributed by atoms with Gasteiger partial charge in [0, 0.05) is 49.4 Å². The highest BCUT2D eigenvalue weighted by molar-refractivity contribution is 7.92. The summed E-state index contributed by atoms with van der Waals surface area (Å²) in [5, 5.41) is 0. The average Bonchev–Trinajstić information content (AvgIpc) is 2.92. The summed E-state index contributed by atoms with van der Waals surface area (Å²) in [4.78, 5) is 20.8. The number of aryl methyl sites for hydroxylation is 1. The molecule has 4 rings (SSSR count). The maximum atomic E-state index is 14.0. The smallest absolute Gasteiger partial charge is 0.264 e. The molecule has 1 saturated heterocycles. The number of amides is 1. The molecule has 0 radical (unpaired) electrons. The van der Waals surface area contributed by atoms with Crippen molar-refractivity contribution in [3.8, 4) is 0 Å². The molecule has 1 fully saturated rings. The first-order valence-electron chi connectivity index (χ1n) is 12.4. The van der Waals surface area contributed by atoms with Gasteiger partial charge in [0.2, 0.25) is 0 Å². The zero-order chi connectivity index (χ0) is 28.2. The second-order valence-electron chi connectivity index (χ2n) is 9.27. The van der Waals surface area contributed by atoms with Crippen molar-refractivity contribution < 1.29 is 22.0 Å². The van der Waals surface area contributed by atoms with Crippen molar-refractivity contribution in [3.63, 3.8) is 0 Å². The van der Waals surface area contributed by atoms with Gasteiger partial charge in [-0.25, -0.2) is 17.2 Å². The number of rotatable bonds is 8. The molecule has 7 nitrogen and oxygen atoms in total. The van der Waals surface area contributed by atoms with Crippen LogP contribution in [0.3, 0.4) is 0 Å². The number of hydrogen-bond acceptors (Lipinski definition) is 5. The quantitative estimate of drug-likeness (QED) is 0.380. The predicted octanol–water partition coefficient (Wildman–Crippen LogP) is 5.40. The molecule has 10 heteroatoms. The van der Waals surface area contributed by atoms with E-state index in [1.807, 2.05) is 11.8 Å². The molecule has 1 heterocycles. The molecule has 0 aromatic heterocycles. The number of nitrogens with one attached hydrogen (secondary N) is 1. The molecule has 0 atom stereocenters. The maximum absolute atomic E-state index is 14.0. The molecule has 1 aliphatic heterocycles. The Labute approximate surface area is 227 Å². The SMILES string of the molecule is C=Nc1c(/C=C\C)cccc1S(=O)(=O)Nc1ccc(C(=O)N2CCN(Cc3cccc(F)c3F)CC2)cc1C. The fourth-order valence-electron chi connectivity index (χ4n) is 4.55. The van der Waals surface area contributed by atoms with Gasteiger partial charge in [0.05, 0.1) is 11.4 Å². The van der Waals surface area contributed by atoms with Crippen LogP contribution in [0, 0.1) is 18.6 Å². The van der Waals surface area contributed by atoms with E-state index in [0.717, 1.165) is 6.07 Å². The van der Waals surface area contributed by atoms with Crippen LogP contribution < -0.4 is 4.72 Å². The van der Waals surface area contributed by atoms with Crippen LogP contribution in [0.4, 0.5) is 20.2 Å². The van der Waals surface area contributed by atoms with Crippen LogP contribution in [0.1, 0.15) is 34.0 Å². The minimum absolute atomic E-state index is 0.00338. The van der Waals surface area contributed by atoms with Gasteiger partial charge in [-0.3, -0.25) is 19.4 Å². The minimum Gasteiger partial charge on any atom is -0.336 e. The van der Waals surface area contributed by atoms with Crippen LogP contribution in [-0.2, 0) is 16.6 Å². The second kappa shape index (κ2) is 11.9. The summed E-state index contributed by atoms with van der Waals surface area (Å²) in [7, 11) is -3.98. The third-order valence-electron chi connectivity index (χ3n) is 6.63. The van der Waals surface area contributed by atoms with Gasteiger partial charge in [0.1, 0.15) is 4.90 Å². The van der Waals surface area contributed by atoms with Gasteiger partial charge in [-0.1, -0.05) is 36.4 Å². The Morgan fingerprint density at radius 2 is 1.79 bits per heavy atom. The molecule has 1 N–H and O–H groups in total. The molecule has 204 valence electrons. The van der Waals surface area contributed by atoms with E-state index in [1.165, 1.54) is 12.1 Å². The third-order valence-corrected chi connectivity index (χ3v) is 8.02. The lowest BCUT2D eigenvalue weighted by atomic mass is 10.1. The van der Waals surface area contributed by atoms with E-state index in [2.05, 4.69) is 16.4 Å². The molecule has 0 saturated carbocycles. The number of para-hydroxylation sites is 1. The standard InChI is InChI=1S/C29H30F2N4O3S/c1-4-7-21-8-6-11-26(28(21)32-3)39(37,38)33-25-13-12-22(18-20(25)2)29(36)35-16-14-34(15-17-35)19-23-9-5-10-24(30)27(23)31/h4-13,18,33H,3,14-17,19H2,1-2H3/b7-4-. The van der Waals surface area contributed by atoms with Crippen LogP contribution in [0.5, 0.6) is 0 Å². The number of piperazine rings is 1. The van der Waals surface area contributed by atoms with Gasteiger partial charge in [0.15, 0.2) is 11.6 Å². The van der Waals surface area contributed by atoms with Gasteiger partial charge >= 0.3 is 0 Å². The van der Waals surface area contributed by atoms with E-state index < -0.39 is 21.7 Å². The molecular weight excluding hydrogens is 522 g/mol. The van der Waals surface area contributed by atoms with Crippen molar-refractivity contribution in [2.75, 3.05) is 30.9 Å². The van der Waals surface area contributed by atoms with Gasteiger partial charge < -0.3 is 4.90 Å². The molecule has 1 aliphatic rings. The predicted molar refractivity (Wildman–Crippen MR) is 150 cm³/mol. The summed E-state index contributed by atoms with van der Waals surface area (Å²) in [6, 6.07) is 13.8. The molecule has 0 aliphatic carbocycles. The van der Waals surface area contributed by atoms with E-state index in [9.17, 15) is 22.0 Å². The van der Waals surface area contributed by atoms with Crippen molar-refractivity contribution in [2.24, 2.45) is 4.99 Å². The molecule has 1 amide bonds. The fourth-order valence-corrected chi connectivity index (χ4v) is 5.88. The molecule has 39 heavy (non-hydrogen) atoms. The van der Waals surface area contributed by atoms with Crippen molar-refractivity contribution in [3.05, 3.63) is 94.6 Å². The summed E-state index contributed by atoms with van der Waals surface area (Å²) >= 11 is 0. The highest BCUT2D eigenvalue weighted by atomic mass is 32.2. The Morgan fingerprint density at radius 1 is 1.08 bits per heavy atom. The molecular formula is C29H30F2N4O3S. The molecule has 3 aromatic carbocycles. The number of carbonyl (C=O) groups is 1. The Balaban J connectivity index is 1.43. The van der Waals surface area contributed by atoms with Crippen LogP contribution in [0.25, 0.3) is 6.08 Å². The van der Waals surface area contributed by atoms with Crippen molar-refractivity contribution in [2.45, 2.75) is 25.3 Å². The van der Waals surface area contributed by atoms with E-state index in [1.54, 1.807) is 60.4 Å². The number of benzene rings is 3. The van der Waals surface area contributed by atoms with E-state index >= 15 is 0 Å². The normalized spacial score (nSPS) is 14.5. The largest absolute Gasteiger partial charge is 0.336 e. The molecule has 0 unspecified atom stereocenters. The van der Waals surface area contributed by atoms with Gasteiger partial charge in [-0.05, 0) is 56.5 Å². The Hall–Kier alpha value is -3.89. The highest BCUT2D eigenvalue weighted by Crippen LogP contribution is 2.31. The number of anilines is 1. The Kier molecular flexibility index (Phi) is 8.57. The number of halogens is 2. The maximum Gasteiger partial charge on any atom is 0.264 e. The summed E-state index contributed by atoms with van der Waals surface area (Å²) in [5.74, 6) is -1.90. The van der Waals surface area contributed by atoms with E-state index in [4.69, 9.17) is 0 Å². The number of nitrogens with zero attached hydrogens (tertiary/aromatic N) is 3. The second-order valence-corrected chi connectivity index (χ2v) is 10.9. The van der Waals surface area contributed by atoms with Crippen LogP contribution in [0.15, 0.2) is 70.6 Å². The van der Waals surface area contributed by atoms with Crippen LogP contribution in [-0.4, -0.2) is 57.0 Å². The number of allylic oxidation sites excluding steroid dienone is 1. The highest BCUT2D eigenvalue weighted by Gasteiger charge is 2.25. The van der Waals surface area contributed by atoms with Crippen molar-refractivity contribution in [1.82, 2.24) is 9.80 Å². The zero-order valence-corrected chi connectivity index (χ0v) is 22.6. The lowest BCUT2D eigenvalue weighted by Gasteiger charge is -2.35. The van der Waals surface area contributed by atoms with Crippen molar-refractivity contribution in [1.29, 1.82) is 0 Å². The van der Waals surface area contributed by atoms with Gasteiger partial charge in [0.25, 0.3) is 15.9 Å². The summed E-state index contributed by atoms with van der Waals surface area (Å²) in [6.07, 6.45) is 3.55. The topological polar surface area (TPSA) is 82.1 Å². The summed E-state index contributed by atoms with van der Waals surface area (Å²) in [5.41, 5.74) is 2.54.